The van der Waals surface area contributed by atoms with Crippen LogP contribution < -0.4 is 16.2 Å². The Bertz CT molecular complexity index is 722. The number of hydrogen-bond donors (Lipinski definition) is 3. The lowest BCUT2D eigenvalue weighted by molar-refractivity contribution is 0.0954. The van der Waals surface area contributed by atoms with Crippen molar-refractivity contribution in [3.8, 4) is 0 Å². The molecule has 0 unspecified atom stereocenters. The maximum absolute atomic E-state index is 12.0. The van der Waals surface area contributed by atoms with E-state index in [-0.39, 0.29) is 17.2 Å². The number of pyridine rings is 1. The molecule has 2 aromatic rings. The van der Waals surface area contributed by atoms with Crippen molar-refractivity contribution in [2.75, 3.05) is 11.9 Å². The second-order valence-electron chi connectivity index (χ2n) is 4.32. The van der Waals surface area contributed by atoms with Gasteiger partial charge in [-0.2, -0.15) is 0 Å². The molecule has 6 nitrogen and oxygen atoms in total. The Morgan fingerprint density at radius 1 is 1.10 bits per heavy atom. The molecule has 21 heavy (non-hydrogen) atoms. The van der Waals surface area contributed by atoms with Gasteiger partial charge in [0.1, 0.15) is 5.69 Å². The molecule has 1 aromatic carbocycles. The summed E-state index contributed by atoms with van der Waals surface area (Å²) in [6.07, 6.45) is 0. The van der Waals surface area contributed by atoms with E-state index in [0.717, 1.165) is 0 Å². The summed E-state index contributed by atoms with van der Waals surface area (Å²) in [7, 11) is 0. The van der Waals surface area contributed by atoms with E-state index in [1.807, 2.05) is 6.92 Å². The Hall–Kier alpha value is -2.89. The zero-order valence-electron chi connectivity index (χ0n) is 11.5. The molecule has 0 aliphatic rings. The zero-order chi connectivity index (χ0) is 15.2. The molecule has 108 valence electrons. The number of nitrogens with one attached hydrogen (secondary N) is 3. The molecule has 0 fully saturated rings. The van der Waals surface area contributed by atoms with Crippen LogP contribution in [0.25, 0.3) is 0 Å². The molecular weight excluding hydrogens is 270 g/mol. The summed E-state index contributed by atoms with van der Waals surface area (Å²) < 4.78 is 0. The predicted molar refractivity (Wildman–Crippen MR) is 79.5 cm³/mol. The lowest BCUT2D eigenvalue weighted by Crippen LogP contribution is -2.23. The maximum atomic E-state index is 12.0. The van der Waals surface area contributed by atoms with Crippen LogP contribution in [0, 0.1) is 0 Å². The highest BCUT2D eigenvalue weighted by molar-refractivity contribution is 6.03. The summed E-state index contributed by atoms with van der Waals surface area (Å²) in [6, 6.07) is 10.9. The van der Waals surface area contributed by atoms with E-state index in [9.17, 15) is 14.4 Å². The van der Waals surface area contributed by atoms with Crippen LogP contribution in [0.4, 0.5) is 5.69 Å². The van der Waals surface area contributed by atoms with E-state index < -0.39 is 5.91 Å². The van der Waals surface area contributed by atoms with Crippen LogP contribution in [0.2, 0.25) is 0 Å². The molecule has 0 atom stereocenters. The van der Waals surface area contributed by atoms with Crippen LogP contribution in [0.15, 0.2) is 47.3 Å². The van der Waals surface area contributed by atoms with Crippen LogP contribution >= 0.6 is 0 Å². The quantitative estimate of drug-likeness (QED) is 0.792. The number of benzene rings is 1. The second-order valence-corrected chi connectivity index (χ2v) is 4.32. The molecule has 1 heterocycles. The van der Waals surface area contributed by atoms with Crippen molar-refractivity contribution in [1.29, 1.82) is 0 Å². The monoisotopic (exact) mass is 285 g/mol. The van der Waals surface area contributed by atoms with Gasteiger partial charge in [-0.1, -0.05) is 12.1 Å². The number of hydrogen-bond acceptors (Lipinski definition) is 3. The van der Waals surface area contributed by atoms with E-state index in [0.29, 0.717) is 17.8 Å². The van der Waals surface area contributed by atoms with Crippen molar-refractivity contribution >= 4 is 17.5 Å². The molecule has 1 aromatic heterocycles. The zero-order valence-corrected chi connectivity index (χ0v) is 11.5. The number of aromatic nitrogens is 1. The molecule has 3 N–H and O–H groups in total. The number of H-pyrrole nitrogens is 1. The summed E-state index contributed by atoms with van der Waals surface area (Å²) in [6.45, 7) is 2.36. The van der Waals surface area contributed by atoms with Gasteiger partial charge in [-0.15, -0.1) is 0 Å². The van der Waals surface area contributed by atoms with E-state index in [1.54, 1.807) is 24.3 Å². The normalized spacial score (nSPS) is 9.95. The van der Waals surface area contributed by atoms with Gasteiger partial charge in [0.2, 0.25) is 5.56 Å². The fourth-order valence-corrected chi connectivity index (χ4v) is 1.78. The predicted octanol–water partition coefficient (Wildman–Crippen LogP) is 1.38. The first-order valence-corrected chi connectivity index (χ1v) is 6.49. The number of amides is 2. The Labute approximate surface area is 121 Å². The summed E-state index contributed by atoms with van der Waals surface area (Å²) >= 11 is 0. The Kier molecular flexibility index (Phi) is 4.50. The van der Waals surface area contributed by atoms with Crippen molar-refractivity contribution in [3.63, 3.8) is 0 Å². The maximum Gasteiger partial charge on any atom is 0.272 e. The first-order valence-electron chi connectivity index (χ1n) is 6.49. The van der Waals surface area contributed by atoms with Crippen molar-refractivity contribution in [2.24, 2.45) is 0 Å². The molecule has 0 bridgehead atoms. The standard InChI is InChI=1S/C15H15N3O3/c1-2-16-14(20)10-5-3-6-11(9-10)17-15(21)12-7-4-8-13(19)18-12/h3-9H,2H2,1H3,(H,16,20)(H,17,21)(H,18,19). The van der Waals surface area contributed by atoms with Gasteiger partial charge in [0.15, 0.2) is 0 Å². The van der Waals surface area contributed by atoms with Gasteiger partial charge in [0, 0.05) is 23.9 Å². The van der Waals surface area contributed by atoms with E-state index >= 15 is 0 Å². The minimum absolute atomic E-state index is 0.158. The van der Waals surface area contributed by atoms with Crippen molar-refractivity contribution in [1.82, 2.24) is 10.3 Å². The van der Waals surface area contributed by atoms with Crippen LogP contribution in [-0.2, 0) is 0 Å². The van der Waals surface area contributed by atoms with E-state index in [1.165, 1.54) is 18.2 Å². The highest BCUT2D eigenvalue weighted by Gasteiger charge is 2.09. The number of aromatic amines is 1. The van der Waals surface area contributed by atoms with Crippen molar-refractivity contribution in [2.45, 2.75) is 6.92 Å². The number of carbonyl (C=O) groups excluding carboxylic acids is 2. The molecule has 0 spiro atoms. The Morgan fingerprint density at radius 3 is 2.57 bits per heavy atom. The first kappa shape index (κ1) is 14.5. The van der Waals surface area contributed by atoms with E-state index in [4.69, 9.17) is 0 Å². The molecule has 2 rings (SSSR count). The third-order valence-electron chi connectivity index (χ3n) is 2.73. The Balaban J connectivity index is 2.16. The molecule has 2 amide bonds. The molecular formula is C15H15N3O3. The highest BCUT2D eigenvalue weighted by atomic mass is 16.2. The summed E-state index contributed by atoms with van der Waals surface area (Å²) in [5, 5.41) is 5.32. The topological polar surface area (TPSA) is 91.1 Å². The molecule has 6 heteroatoms. The molecule has 0 aliphatic carbocycles. The third kappa shape index (κ3) is 3.79. The highest BCUT2D eigenvalue weighted by Crippen LogP contribution is 2.11. The van der Waals surface area contributed by atoms with Gasteiger partial charge >= 0.3 is 0 Å². The summed E-state index contributed by atoms with van der Waals surface area (Å²) in [5.41, 5.74) is 0.745. The van der Waals surface area contributed by atoms with Gasteiger partial charge < -0.3 is 15.6 Å². The molecule has 0 radical (unpaired) electrons. The van der Waals surface area contributed by atoms with E-state index in [2.05, 4.69) is 15.6 Å². The minimum Gasteiger partial charge on any atom is -0.352 e. The molecule has 0 saturated heterocycles. The minimum atomic E-state index is -0.444. The summed E-state index contributed by atoms with van der Waals surface area (Å²) in [5.74, 6) is -0.650. The van der Waals surface area contributed by atoms with Crippen LogP contribution in [0.5, 0.6) is 0 Å². The van der Waals surface area contributed by atoms with Gasteiger partial charge in [0.25, 0.3) is 11.8 Å². The number of rotatable bonds is 4. The largest absolute Gasteiger partial charge is 0.352 e. The smallest absolute Gasteiger partial charge is 0.272 e. The fraction of sp³-hybridized carbons (Fsp3) is 0.133. The van der Waals surface area contributed by atoms with Crippen molar-refractivity contribution < 1.29 is 9.59 Å². The lowest BCUT2D eigenvalue weighted by atomic mass is 10.2. The van der Waals surface area contributed by atoms with Gasteiger partial charge in [0.05, 0.1) is 0 Å². The number of carbonyl (C=O) groups is 2. The first-order chi connectivity index (χ1) is 10.1. The summed E-state index contributed by atoms with van der Waals surface area (Å²) in [4.78, 5) is 37.3. The van der Waals surface area contributed by atoms with Crippen molar-refractivity contribution in [3.05, 3.63) is 64.1 Å². The van der Waals surface area contributed by atoms with Gasteiger partial charge in [-0.25, -0.2) is 0 Å². The second kappa shape index (κ2) is 6.51. The lowest BCUT2D eigenvalue weighted by Gasteiger charge is -2.07. The average Bonchev–Trinajstić information content (AvgIpc) is 2.48. The number of anilines is 1. The van der Waals surface area contributed by atoms with Gasteiger partial charge in [-0.3, -0.25) is 14.4 Å². The molecule has 0 aliphatic heterocycles. The fourth-order valence-electron chi connectivity index (χ4n) is 1.78. The van der Waals surface area contributed by atoms with Crippen LogP contribution in [0.3, 0.4) is 0 Å². The Morgan fingerprint density at radius 2 is 1.86 bits per heavy atom. The van der Waals surface area contributed by atoms with Gasteiger partial charge in [-0.05, 0) is 31.2 Å². The van der Waals surface area contributed by atoms with Crippen LogP contribution in [-0.4, -0.2) is 23.3 Å². The SMILES string of the molecule is CCNC(=O)c1cccc(NC(=O)c2cccc(=O)[nH]2)c1. The molecule has 0 saturated carbocycles. The average molecular weight is 285 g/mol. The third-order valence-corrected chi connectivity index (χ3v) is 2.73. The van der Waals surface area contributed by atoms with Crippen LogP contribution in [0.1, 0.15) is 27.8 Å².